The van der Waals surface area contributed by atoms with E-state index < -0.39 is 18.5 Å². The minimum absolute atomic E-state index is 0.130. The first-order valence-corrected chi connectivity index (χ1v) is 7.68. The Bertz CT molecular complexity index is 872. The van der Waals surface area contributed by atoms with Crippen molar-refractivity contribution in [3.05, 3.63) is 71.9 Å². The van der Waals surface area contributed by atoms with E-state index in [0.29, 0.717) is 5.65 Å². The Hall–Kier alpha value is -3.22. The molecule has 0 unspecified atom stereocenters. The first-order chi connectivity index (χ1) is 12.0. The number of pyridine rings is 1. The highest BCUT2D eigenvalue weighted by Gasteiger charge is 2.15. The highest BCUT2D eigenvalue weighted by Crippen LogP contribution is 2.12. The Morgan fingerprint density at radius 1 is 1.24 bits per heavy atom. The lowest BCUT2D eigenvalue weighted by Crippen LogP contribution is -2.31. The second-order valence-corrected chi connectivity index (χ2v) is 5.51. The van der Waals surface area contributed by atoms with Gasteiger partial charge >= 0.3 is 5.97 Å². The van der Waals surface area contributed by atoms with Gasteiger partial charge in [0.05, 0.1) is 6.04 Å². The topological polar surface area (TPSA) is 72.7 Å². The lowest BCUT2D eigenvalue weighted by molar-refractivity contribution is -0.124. The number of benzene rings is 1. The summed E-state index contributed by atoms with van der Waals surface area (Å²) in [5.74, 6) is -1.47. The van der Waals surface area contributed by atoms with Gasteiger partial charge in [0.1, 0.15) is 11.5 Å². The molecule has 3 aromatic rings. The van der Waals surface area contributed by atoms with Crippen molar-refractivity contribution in [2.75, 3.05) is 6.61 Å². The number of halogens is 1. The van der Waals surface area contributed by atoms with Gasteiger partial charge in [-0.15, -0.1) is 0 Å². The normalized spacial score (nSPS) is 11.9. The molecule has 0 fully saturated rings. The summed E-state index contributed by atoms with van der Waals surface area (Å²) in [4.78, 5) is 28.0. The lowest BCUT2D eigenvalue weighted by atomic mass is 10.1. The highest BCUT2D eigenvalue weighted by atomic mass is 19.1. The fourth-order valence-electron chi connectivity index (χ4n) is 2.36. The number of aromatic nitrogens is 2. The third-order valence-electron chi connectivity index (χ3n) is 3.65. The van der Waals surface area contributed by atoms with Crippen molar-refractivity contribution in [3.8, 4) is 0 Å². The molecule has 1 aromatic carbocycles. The molecule has 0 aliphatic carbocycles. The van der Waals surface area contributed by atoms with E-state index in [9.17, 15) is 14.0 Å². The SMILES string of the molecule is C[C@@H](NC(=O)COC(=O)c1cn2ccccc2n1)c1ccc(F)cc1. The molecule has 0 aliphatic rings. The summed E-state index contributed by atoms with van der Waals surface area (Å²) >= 11 is 0. The van der Waals surface area contributed by atoms with Crippen molar-refractivity contribution < 1.29 is 18.7 Å². The molecule has 2 aromatic heterocycles. The second-order valence-electron chi connectivity index (χ2n) is 5.51. The summed E-state index contributed by atoms with van der Waals surface area (Å²) in [5, 5.41) is 2.68. The first kappa shape index (κ1) is 16.6. The maximum absolute atomic E-state index is 12.9. The van der Waals surface area contributed by atoms with Crippen LogP contribution in [0.2, 0.25) is 0 Å². The number of imidazole rings is 1. The molecule has 7 heteroatoms. The fourth-order valence-corrected chi connectivity index (χ4v) is 2.36. The van der Waals surface area contributed by atoms with Crippen molar-refractivity contribution in [2.45, 2.75) is 13.0 Å². The van der Waals surface area contributed by atoms with Gasteiger partial charge in [-0.2, -0.15) is 0 Å². The summed E-state index contributed by atoms with van der Waals surface area (Å²) in [5.41, 5.74) is 1.50. The maximum atomic E-state index is 12.9. The van der Waals surface area contributed by atoms with Gasteiger partial charge in [0.25, 0.3) is 5.91 Å². The Kier molecular flexibility index (Phi) is 4.74. The van der Waals surface area contributed by atoms with Crippen LogP contribution in [-0.2, 0) is 9.53 Å². The predicted octanol–water partition coefficient (Wildman–Crippen LogP) is 2.51. The number of amides is 1. The number of nitrogens with zero attached hydrogens (tertiary/aromatic N) is 2. The molecule has 1 atom stereocenters. The number of carbonyl (C=O) groups excluding carboxylic acids is 2. The van der Waals surface area contributed by atoms with Crippen LogP contribution in [0.5, 0.6) is 0 Å². The number of ether oxygens (including phenoxy) is 1. The van der Waals surface area contributed by atoms with Gasteiger partial charge in [0, 0.05) is 12.4 Å². The van der Waals surface area contributed by atoms with E-state index in [0.717, 1.165) is 5.56 Å². The summed E-state index contributed by atoms with van der Waals surface area (Å²) < 4.78 is 19.6. The number of esters is 1. The van der Waals surface area contributed by atoms with Crippen molar-refractivity contribution in [1.29, 1.82) is 0 Å². The van der Waals surface area contributed by atoms with Crippen LogP contribution in [-0.4, -0.2) is 27.9 Å². The van der Waals surface area contributed by atoms with Gasteiger partial charge in [0.2, 0.25) is 0 Å². The highest BCUT2D eigenvalue weighted by molar-refractivity contribution is 5.90. The van der Waals surface area contributed by atoms with E-state index in [-0.39, 0.29) is 17.6 Å². The fraction of sp³-hybridized carbons (Fsp3) is 0.167. The molecule has 1 N–H and O–H groups in total. The third-order valence-corrected chi connectivity index (χ3v) is 3.65. The average Bonchev–Trinajstić information content (AvgIpc) is 3.04. The molecular weight excluding hydrogens is 325 g/mol. The molecule has 0 bridgehead atoms. The predicted molar refractivity (Wildman–Crippen MR) is 88.4 cm³/mol. The van der Waals surface area contributed by atoms with Gasteiger partial charge in [0.15, 0.2) is 12.3 Å². The minimum atomic E-state index is -0.673. The van der Waals surface area contributed by atoms with Gasteiger partial charge in [-0.3, -0.25) is 4.79 Å². The average molecular weight is 341 g/mol. The zero-order chi connectivity index (χ0) is 17.8. The molecule has 1 amide bonds. The quantitative estimate of drug-likeness (QED) is 0.724. The number of hydrogen-bond acceptors (Lipinski definition) is 4. The van der Waals surface area contributed by atoms with Crippen LogP contribution >= 0.6 is 0 Å². The molecule has 6 nitrogen and oxygen atoms in total. The monoisotopic (exact) mass is 341 g/mol. The van der Waals surface area contributed by atoms with Crippen molar-refractivity contribution >= 4 is 17.5 Å². The molecule has 0 spiro atoms. The van der Waals surface area contributed by atoms with Gasteiger partial charge in [-0.1, -0.05) is 18.2 Å². The Morgan fingerprint density at radius 3 is 2.72 bits per heavy atom. The summed E-state index contributed by atoms with van der Waals surface area (Å²) in [7, 11) is 0. The summed E-state index contributed by atoms with van der Waals surface area (Å²) in [6, 6.07) is 10.9. The molecule has 2 heterocycles. The number of carbonyl (C=O) groups is 2. The van der Waals surface area contributed by atoms with Crippen molar-refractivity contribution in [1.82, 2.24) is 14.7 Å². The zero-order valence-electron chi connectivity index (χ0n) is 13.5. The van der Waals surface area contributed by atoms with Crippen molar-refractivity contribution in [2.24, 2.45) is 0 Å². The summed E-state index contributed by atoms with van der Waals surface area (Å²) in [6.45, 7) is 1.34. The van der Waals surface area contributed by atoms with E-state index in [4.69, 9.17) is 4.74 Å². The largest absolute Gasteiger partial charge is 0.451 e. The first-order valence-electron chi connectivity index (χ1n) is 7.68. The number of hydrogen-bond donors (Lipinski definition) is 1. The minimum Gasteiger partial charge on any atom is -0.451 e. The maximum Gasteiger partial charge on any atom is 0.359 e. The van der Waals surface area contributed by atoms with Crippen LogP contribution in [0.15, 0.2) is 54.9 Å². The molecule has 25 heavy (non-hydrogen) atoms. The molecular formula is C18H16FN3O3. The van der Waals surface area contributed by atoms with Crippen LogP contribution in [0.3, 0.4) is 0 Å². The zero-order valence-corrected chi connectivity index (χ0v) is 13.5. The van der Waals surface area contributed by atoms with Gasteiger partial charge in [-0.05, 0) is 36.8 Å². The van der Waals surface area contributed by atoms with E-state index in [2.05, 4.69) is 10.3 Å². The lowest BCUT2D eigenvalue weighted by Gasteiger charge is -2.14. The van der Waals surface area contributed by atoms with E-state index >= 15 is 0 Å². The third kappa shape index (κ3) is 4.00. The summed E-state index contributed by atoms with van der Waals surface area (Å²) in [6.07, 6.45) is 3.30. The molecule has 0 saturated heterocycles. The number of nitrogens with one attached hydrogen (secondary N) is 1. The van der Waals surface area contributed by atoms with Crippen LogP contribution in [0, 0.1) is 5.82 Å². The van der Waals surface area contributed by atoms with Crippen molar-refractivity contribution in [3.63, 3.8) is 0 Å². The molecule has 128 valence electrons. The van der Waals surface area contributed by atoms with Gasteiger partial charge in [-0.25, -0.2) is 14.2 Å². The van der Waals surface area contributed by atoms with E-state index in [1.165, 1.54) is 18.3 Å². The molecule has 3 rings (SSSR count). The smallest absolute Gasteiger partial charge is 0.359 e. The van der Waals surface area contributed by atoms with Crippen LogP contribution < -0.4 is 5.32 Å². The van der Waals surface area contributed by atoms with Crippen LogP contribution in [0.25, 0.3) is 5.65 Å². The Balaban J connectivity index is 1.54. The van der Waals surface area contributed by atoms with E-state index in [1.54, 1.807) is 35.7 Å². The molecule has 0 aliphatic heterocycles. The van der Waals surface area contributed by atoms with Crippen LogP contribution in [0.1, 0.15) is 29.0 Å². The van der Waals surface area contributed by atoms with E-state index in [1.807, 2.05) is 12.1 Å². The Morgan fingerprint density at radius 2 is 2.00 bits per heavy atom. The van der Waals surface area contributed by atoms with Crippen LogP contribution in [0.4, 0.5) is 4.39 Å². The van der Waals surface area contributed by atoms with Gasteiger partial charge < -0.3 is 14.5 Å². The molecule has 0 radical (unpaired) electrons. The number of fused-ring (bicyclic) bond motifs is 1. The standard InChI is InChI=1S/C18H16FN3O3/c1-12(13-5-7-14(19)8-6-13)20-17(23)11-25-18(24)15-10-22-9-3-2-4-16(22)21-15/h2-10,12H,11H2,1H3,(H,20,23)/t12-/m1/s1. The number of rotatable bonds is 5. The second kappa shape index (κ2) is 7.12. The Labute approximate surface area is 143 Å². The molecule has 0 saturated carbocycles.